The van der Waals surface area contributed by atoms with Crippen LogP contribution in [0.4, 0.5) is 21.0 Å². The fourth-order valence-corrected chi connectivity index (χ4v) is 7.21. The molecule has 0 bridgehead atoms. The number of ketones is 1. The van der Waals surface area contributed by atoms with Crippen molar-refractivity contribution < 1.29 is 38.5 Å². The predicted octanol–water partition coefficient (Wildman–Crippen LogP) is 9.25. The number of thiazole rings is 1. The van der Waals surface area contributed by atoms with E-state index < -0.39 is 57.3 Å². The molecular formula is C46H51BrN6O10S. The first-order chi connectivity index (χ1) is 30.2. The van der Waals surface area contributed by atoms with Crippen molar-refractivity contribution in [2.75, 3.05) is 5.33 Å². The third kappa shape index (κ3) is 17.0. The molecule has 0 spiro atoms. The first-order valence-corrected chi connectivity index (χ1v) is 22.1. The molecule has 3 amide bonds. The number of benzene rings is 4. The highest BCUT2D eigenvalue weighted by Gasteiger charge is 2.29. The number of amides is 3. The highest BCUT2D eigenvalue weighted by molar-refractivity contribution is 9.09. The van der Waals surface area contributed by atoms with E-state index in [0.29, 0.717) is 17.7 Å². The number of rotatable bonds is 16. The zero-order chi connectivity index (χ0) is 47.0. The summed E-state index contributed by atoms with van der Waals surface area (Å²) >= 11 is 4.54. The van der Waals surface area contributed by atoms with E-state index in [1.54, 1.807) is 65.8 Å². The molecule has 0 fully saturated rings. The molecule has 1 heterocycles. The van der Waals surface area contributed by atoms with Crippen LogP contribution in [0.25, 0.3) is 10.6 Å². The number of nitrogens with one attached hydrogen (secondary N) is 3. The summed E-state index contributed by atoms with van der Waals surface area (Å²) in [5.41, 5.74) is 2.52. The smallest absolute Gasteiger partial charge is 0.408 e. The van der Waals surface area contributed by atoms with Crippen LogP contribution >= 0.6 is 27.3 Å². The lowest BCUT2D eigenvalue weighted by Crippen LogP contribution is -2.50. The zero-order valence-electron chi connectivity index (χ0n) is 36.2. The highest BCUT2D eigenvalue weighted by atomic mass is 79.9. The third-order valence-corrected chi connectivity index (χ3v) is 10.4. The van der Waals surface area contributed by atoms with Crippen molar-refractivity contribution in [1.82, 2.24) is 20.9 Å². The Kier molecular flexibility index (Phi) is 18.2. The van der Waals surface area contributed by atoms with Gasteiger partial charge in [0, 0.05) is 41.6 Å². The number of aromatic nitrogens is 1. The van der Waals surface area contributed by atoms with Gasteiger partial charge in [-0.1, -0.05) is 101 Å². The van der Waals surface area contributed by atoms with Gasteiger partial charge in [0.1, 0.15) is 22.3 Å². The van der Waals surface area contributed by atoms with E-state index >= 15 is 0 Å². The minimum absolute atomic E-state index is 0.0150. The fourth-order valence-electron chi connectivity index (χ4n) is 5.94. The molecule has 4 aromatic carbocycles. The molecule has 5 rings (SSSR count). The molecule has 0 radical (unpaired) electrons. The Morgan fingerprint density at radius 1 is 0.641 bits per heavy atom. The van der Waals surface area contributed by atoms with Gasteiger partial charge in [0.15, 0.2) is 5.78 Å². The van der Waals surface area contributed by atoms with Crippen LogP contribution in [-0.2, 0) is 38.3 Å². The normalized spacial score (nSPS) is 12.5. The van der Waals surface area contributed by atoms with Crippen LogP contribution in [0.15, 0.2) is 115 Å². The summed E-state index contributed by atoms with van der Waals surface area (Å²) in [6.45, 7) is 10.4. The van der Waals surface area contributed by atoms with Gasteiger partial charge in [-0.15, -0.1) is 11.3 Å². The molecule has 0 saturated carbocycles. The van der Waals surface area contributed by atoms with E-state index in [-0.39, 0.29) is 35.3 Å². The number of hydrogen-bond donors (Lipinski definition) is 3. The number of carbonyl (C=O) groups is 4. The number of nitrogens with zero attached hydrogens (tertiary/aromatic N) is 3. The van der Waals surface area contributed by atoms with Crippen molar-refractivity contribution in [3.8, 4) is 10.6 Å². The first-order valence-electron chi connectivity index (χ1n) is 20.1. The molecule has 0 aliphatic rings. The first kappa shape index (κ1) is 50.1. The van der Waals surface area contributed by atoms with Gasteiger partial charge in [0.25, 0.3) is 11.4 Å². The maximum absolute atomic E-state index is 13.7. The highest BCUT2D eigenvalue weighted by Crippen LogP contribution is 2.28. The number of Topliss-reactive ketones (excluding diaryl/α,β-unsaturated/α-hetero) is 1. The van der Waals surface area contributed by atoms with Gasteiger partial charge < -0.3 is 25.4 Å². The van der Waals surface area contributed by atoms with Gasteiger partial charge in [-0.25, -0.2) is 14.6 Å². The van der Waals surface area contributed by atoms with E-state index in [2.05, 4.69) is 31.9 Å². The largest absolute Gasteiger partial charge is 0.444 e. The minimum Gasteiger partial charge on any atom is -0.444 e. The van der Waals surface area contributed by atoms with Crippen LogP contribution in [0.1, 0.15) is 70.0 Å². The maximum Gasteiger partial charge on any atom is 0.408 e. The predicted molar refractivity (Wildman–Crippen MR) is 247 cm³/mol. The molecule has 0 unspecified atom stereocenters. The lowest BCUT2D eigenvalue weighted by molar-refractivity contribution is -0.385. The number of nitro benzene ring substituents is 2. The van der Waals surface area contributed by atoms with Crippen molar-refractivity contribution in [3.63, 3.8) is 0 Å². The molecular weight excluding hydrogens is 909 g/mol. The van der Waals surface area contributed by atoms with E-state index in [9.17, 15) is 39.4 Å². The Balaban J connectivity index is 0.000000332. The molecule has 0 aliphatic heterocycles. The second kappa shape index (κ2) is 23.2. The van der Waals surface area contributed by atoms with Crippen LogP contribution in [0.5, 0.6) is 0 Å². The number of halogens is 1. The lowest BCUT2D eigenvalue weighted by Gasteiger charge is -2.25. The van der Waals surface area contributed by atoms with Gasteiger partial charge in [-0.3, -0.25) is 29.8 Å². The van der Waals surface area contributed by atoms with Gasteiger partial charge in [0.2, 0.25) is 5.91 Å². The van der Waals surface area contributed by atoms with Crippen LogP contribution < -0.4 is 16.0 Å². The minimum atomic E-state index is -0.918. The van der Waals surface area contributed by atoms with Crippen molar-refractivity contribution in [1.29, 1.82) is 0 Å². The molecule has 18 heteroatoms. The van der Waals surface area contributed by atoms with Gasteiger partial charge in [0.05, 0.1) is 33.0 Å². The van der Waals surface area contributed by atoms with E-state index in [4.69, 9.17) is 14.5 Å². The average molecular weight is 960 g/mol. The van der Waals surface area contributed by atoms with Crippen LogP contribution in [0.2, 0.25) is 0 Å². The molecule has 0 saturated heterocycles. The van der Waals surface area contributed by atoms with Gasteiger partial charge >= 0.3 is 12.2 Å². The monoisotopic (exact) mass is 958 g/mol. The van der Waals surface area contributed by atoms with Gasteiger partial charge in [-0.2, -0.15) is 0 Å². The Morgan fingerprint density at radius 2 is 1.08 bits per heavy atom. The second-order valence-corrected chi connectivity index (χ2v) is 17.9. The summed E-state index contributed by atoms with van der Waals surface area (Å²) in [6, 6.07) is 28.9. The number of nitro groups is 2. The SMILES string of the molecule is CC(C)(C)OC(=O)N[C@@H](Cc1ccc([N+](=O)[O-])cc1)C(=O)CBr.CC(C)(C)OC(=O)N[C@@H](Cc1ccccc1)C(=O)N[C@@H](Cc1ccc([N+](=O)[O-])cc1)c1csc(-c2ccccc2)n1. The molecule has 5 aromatic rings. The standard InChI is InChI=1S/C31H32N4O5S.C15H19BrN2O5/c1-31(2,3)40-30(37)34-26(19-21-10-6-4-7-11-21)28(36)32-25(18-22-14-16-24(17-15-22)35(38)39)27-20-41-29(33-27)23-12-8-5-9-13-23;1-15(2,3)23-14(20)17-12(13(19)9-16)8-10-4-6-11(7-5-10)18(21)22/h4-17,20,25-26H,18-19H2,1-3H3,(H,32,36)(H,34,37);4-7,12H,8-9H2,1-3H3,(H,17,20)/t25-,26-;12-/m00/s1. The summed E-state index contributed by atoms with van der Waals surface area (Å²) in [7, 11) is 0. The number of alkyl halides is 1. The maximum atomic E-state index is 13.7. The number of carbonyl (C=O) groups excluding carboxylic acids is 4. The molecule has 3 atom stereocenters. The van der Waals surface area contributed by atoms with E-state index in [1.165, 1.54) is 35.6 Å². The Bertz CT molecular complexity index is 2350. The Morgan fingerprint density at radius 3 is 1.55 bits per heavy atom. The summed E-state index contributed by atoms with van der Waals surface area (Å²) in [6.07, 6.45) is -0.560. The van der Waals surface area contributed by atoms with Crippen molar-refractivity contribution in [2.24, 2.45) is 0 Å². The van der Waals surface area contributed by atoms with Gasteiger partial charge in [-0.05, 0) is 71.1 Å². The topological polar surface area (TPSA) is 222 Å². The number of non-ortho nitro benzene ring substituents is 2. The van der Waals surface area contributed by atoms with Crippen LogP contribution in [0, 0.1) is 20.2 Å². The molecule has 3 N–H and O–H groups in total. The van der Waals surface area contributed by atoms with Crippen molar-refractivity contribution in [2.45, 2.75) is 90.1 Å². The summed E-state index contributed by atoms with van der Waals surface area (Å²) in [5, 5.41) is 32.9. The lowest BCUT2D eigenvalue weighted by atomic mass is 10.0. The van der Waals surface area contributed by atoms with E-state index in [1.807, 2.05) is 66.0 Å². The number of alkyl carbamates (subject to hydrolysis) is 2. The van der Waals surface area contributed by atoms with Crippen molar-refractivity contribution >= 4 is 62.5 Å². The fraction of sp³-hybridized carbons (Fsp3) is 0.326. The molecule has 0 aliphatic carbocycles. The molecule has 1 aromatic heterocycles. The third-order valence-electron chi connectivity index (χ3n) is 8.89. The summed E-state index contributed by atoms with van der Waals surface area (Å²) < 4.78 is 10.6. The van der Waals surface area contributed by atoms with Crippen LogP contribution in [0.3, 0.4) is 0 Å². The number of ether oxygens (including phenoxy) is 2. The summed E-state index contributed by atoms with van der Waals surface area (Å²) in [5.74, 6) is -0.616. The number of hydrogen-bond acceptors (Lipinski definition) is 12. The Hall–Kier alpha value is -6.53. The molecule has 16 nitrogen and oxygen atoms in total. The van der Waals surface area contributed by atoms with Crippen LogP contribution in [-0.4, -0.2) is 67.3 Å². The van der Waals surface area contributed by atoms with E-state index in [0.717, 1.165) is 21.7 Å². The second-order valence-electron chi connectivity index (χ2n) is 16.4. The summed E-state index contributed by atoms with van der Waals surface area (Å²) in [4.78, 5) is 75.9. The molecule has 64 heavy (non-hydrogen) atoms. The van der Waals surface area contributed by atoms with Crippen molar-refractivity contribution in [3.05, 3.63) is 157 Å². The zero-order valence-corrected chi connectivity index (χ0v) is 38.6. The quantitative estimate of drug-likeness (QED) is 0.0480. The molecule has 338 valence electrons. The Labute approximate surface area is 383 Å². The average Bonchev–Trinajstić information content (AvgIpc) is 3.73.